The van der Waals surface area contributed by atoms with Crippen LogP contribution >= 0.6 is 0 Å². The predicted molar refractivity (Wildman–Crippen MR) is 107 cm³/mol. The maximum Gasteiger partial charge on any atom is 0.225 e. The number of hydrogen-bond donors (Lipinski definition) is 1. The summed E-state index contributed by atoms with van der Waals surface area (Å²) in [6.07, 6.45) is 5.45. The second-order valence-electron chi connectivity index (χ2n) is 7.77. The monoisotopic (exact) mass is 376 g/mol. The SMILES string of the molecule is O=C(C1CCCC1)N1CCC(Nc2ccc3nnc(-c4ccccc4)n3n2)C1. The van der Waals surface area contributed by atoms with Crippen molar-refractivity contribution in [1.29, 1.82) is 0 Å². The zero-order valence-corrected chi connectivity index (χ0v) is 15.8. The largest absolute Gasteiger partial charge is 0.364 e. The Hall–Kier alpha value is -2.96. The van der Waals surface area contributed by atoms with Crippen LogP contribution in [0.5, 0.6) is 0 Å². The van der Waals surface area contributed by atoms with Gasteiger partial charge in [-0.2, -0.15) is 4.52 Å². The summed E-state index contributed by atoms with van der Waals surface area (Å²) >= 11 is 0. The number of nitrogens with one attached hydrogen (secondary N) is 1. The van der Waals surface area contributed by atoms with E-state index >= 15 is 0 Å². The lowest BCUT2D eigenvalue weighted by Crippen LogP contribution is -2.35. The maximum atomic E-state index is 12.6. The molecule has 7 heteroatoms. The van der Waals surface area contributed by atoms with Gasteiger partial charge < -0.3 is 10.2 Å². The van der Waals surface area contributed by atoms with Gasteiger partial charge in [0.25, 0.3) is 0 Å². The molecule has 2 aliphatic rings. The highest BCUT2D eigenvalue weighted by molar-refractivity contribution is 5.79. The molecule has 28 heavy (non-hydrogen) atoms. The lowest BCUT2D eigenvalue weighted by atomic mass is 10.1. The van der Waals surface area contributed by atoms with Crippen LogP contribution in [0.4, 0.5) is 5.82 Å². The number of benzene rings is 1. The van der Waals surface area contributed by atoms with Crippen molar-refractivity contribution < 1.29 is 4.79 Å². The Morgan fingerprint density at radius 3 is 2.64 bits per heavy atom. The van der Waals surface area contributed by atoms with E-state index in [1.165, 1.54) is 12.8 Å². The minimum atomic E-state index is 0.229. The Balaban J connectivity index is 1.31. The molecule has 1 unspecified atom stereocenters. The molecule has 1 N–H and O–H groups in total. The molecule has 1 atom stereocenters. The molecule has 3 heterocycles. The van der Waals surface area contributed by atoms with Crippen LogP contribution in [0.25, 0.3) is 17.0 Å². The number of nitrogens with zero attached hydrogens (tertiary/aromatic N) is 5. The van der Waals surface area contributed by atoms with E-state index in [1.807, 2.05) is 47.4 Å². The molecular formula is C21H24N6O. The number of anilines is 1. The summed E-state index contributed by atoms with van der Waals surface area (Å²) in [4.78, 5) is 14.7. The fourth-order valence-electron chi connectivity index (χ4n) is 4.35. The molecule has 144 valence electrons. The third kappa shape index (κ3) is 3.21. The first-order valence-electron chi connectivity index (χ1n) is 10.1. The molecule has 3 aromatic rings. The van der Waals surface area contributed by atoms with E-state index in [0.29, 0.717) is 11.6 Å². The normalized spacial score (nSPS) is 20.1. The molecule has 0 bridgehead atoms. The van der Waals surface area contributed by atoms with Crippen LogP contribution in [-0.2, 0) is 4.79 Å². The average molecular weight is 376 g/mol. The van der Waals surface area contributed by atoms with E-state index in [4.69, 9.17) is 5.10 Å². The molecule has 5 rings (SSSR count). The van der Waals surface area contributed by atoms with Crippen LogP contribution in [0.1, 0.15) is 32.1 Å². The van der Waals surface area contributed by atoms with Crippen molar-refractivity contribution in [2.45, 2.75) is 38.1 Å². The molecule has 1 saturated heterocycles. The zero-order chi connectivity index (χ0) is 18.9. The van der Waals surface area contributed by atoms with Gasteiger partial charge in [-0.1, -0.05) is 43.2 Å². The molecule has 1 saturated carbocycles. The van der Waals surface area contributed by atoms with Crippen LogP contribution in [0.2, 0.25) is 0 Å². The Labute approximate surface area is 163 Å². The number of likely N-dealkylation sites (tertiary alicyclic amines) is 1. The highest BCUT2D eigenvalue weighted by atomic mass is 16.2. The highest BCUT2D eigenvalue weighted by Gasteiger charge is 2.32. The standard InChI is InChI=1S/C21H24N6O/c28-21(16-8-4-5-9-16)26-13-12-17(14-26)22-18-10-11-19-23-24-20(27(19)25-18)15-6-2-1-3-7-15/h1-3,6-7,10-11,16-17H,4-5,8-9,12-14H2,(H,22,25). The van der Waals surface area contributed by atoms with Gasteiger partial charge in [0.1, 0.15) is 5.82 Å². The topological polar surface area (TPSA) is 75.4 Å². The molecule has 0 radical (unpaired) electrons. The molecule has 1 aliphatic heterocycles. The fourth-order valence-corrected chi connectivity index (χ4v) is 4.35. The lowest BCUT2D eigenvalue weighted by Gasteiger charge is -2.20. The summed E-state index contributed by atoms with van der Waals surface area (Å²) in [5.41, 5.74) is 1.70. The van der Waals surface area contributed by atoms with Crippen LogP contribution in [-0.4, -0.2) is 49.7 Å². The first-order valence-corrected chi connectivity index (χ1v) is 10.1. The first kappa shape index (κ1) is 17.2. The summed E-state index contributed by atoms with van der Waals surface area (Å²) < 4.78 is 1.77. The smallest absolute Gasteiger partial charge is 0.225 e. The van der Waals surface area contributed by atoms with Gasteiger partial charge in [-0.3, -0.25) is 4.79 Å². The second-order valence-corrected chi connectivity index (χ2v) is 7.77. The molecule has 2 aromatic heterocycles. The van der Waals surface area contributed by atoms with E-state index in [1.54, 1.807) is 4.52 Å². The van der Waals surface area contributed by atoms with E-state index in [2.05, 4.69) is 15.5 Å². The summed E-state index contributed by atoms with van der Waals surface area (Å²) in [5, 5.41) is 16.7. The van der Waals surface area contributed by atoms with E-state index in [9.17, 15) is 4.79 Å². The maximum absolute atomic E-state index is 12.6. The van der Waals surface area contributed by atoms with Crippen molar-refractivity contribution in [3.8, 4) is 11.4 Å². The number of carbonyl (C=O) groups is 1. The number of aromatic nitrogens is 4. The average Bonchev–Trinajstić information content (AvgIpc) is 3.49. The predicted octanol–water partition coefficient (Wildman–Crippen LogP) is 2.99. The number of rotatable bonds is 4. The van der Waals surface area contributed by atoms with Gasteiger partial charge >= 0.3 is 0 Å². The number of hydrogen-bond acceptors (Lipinski definition) is 5. The minimum Gasteiger partial charge on any atom is -0.364 e. The molecule has 7 nitrogen and oxygen atoms in total. The quantitative estimate of drug-likeness (QED) is 0.758. The second kappa shape index (κ2) is 7.22. The van der Waals surface area contributed by atoms with Gasteiger partial charge in [0.15, 0.2) is 11.5 Å². The van der Waals surface area contributed by atoms with Gasteiger partial charge in [0.2, 0.25) is 5.91 Å². The van der Waals surface area contributed by atoms with Crippen molar-refractivity contribution >= 4 is 17.4 Å². The Bertz CT molecular complexity index is 979. The Morgan fingerprint density at radius 1 is 1.00 bits per heavy atom. The molecule has 1 amide bonds. The molecular weight excluding hydrogens is 352 g/mol. The van der Waals surface area contributed by atoms with Gasteiger partial charge in [-0.05, 0) is 31.4 Å². The van der Waals surface area contributed by atoms with Crippen molar-refractivity contribution in [1.82, 2.24) is 24.7 Å². The van der Waals surface area contributed by atoms with Gasteiger partial charge in [0.05, 0.1) is 0 Å². The molecule has 1 aliphatic carbocycles. The number of amides is 1. The van der Waals surface area contributed by atoms with Gasteiger partial charge in [-0.15, -0.1) is 15.3 Å². The number of carbonyl (C=O) groups excluding carboxylic acids is 1. The van der Waals surface area contributed by atoms with Crippen LogP contribution in [0.15, 0.2) is 42.5 Å². The summed E-state index contributed by atoms with van der Waals surface area (Å²) in [6, 6.07) is 14.0. The zero-order valence-electron chi connectivity index (χ0n) is 15.8. The van der Waals surface area contributed by atoms with Crippen LogP contribution in [0.3, 0.4) is 0 Å². The molecule has 1 aromatic carbocycles. The van der Waals surface area contributed by atoms with Crippen LogP contribution < -0.4 is 5.32 Å². The third-order valence-corrected chi connectivity index (χ3v) is 5.85. The minimum absolute atomic E-state index is 0.229. The molecule has 0 spiro atoms. The highest BCUT2D eigenvalue weighted by Crippen LogP contribution is 2.28. The van der Waals surface area contributed by atoms with Gasteiger partial charge in [0, 0.05) is 30.6 Å². The van der Waals surface area contributed by atoms with Crippen molar-refractivity contribution in [3.05, 3.63) is 42.5 Å². The van der Waals surface area contributed by atoms with Crippen LogP contribution in [0, 0.1) is 5.92 Å². The van der Waals surface area contributed by atoms with E-state index in [-0.39, 0.29) is 12.0 Å². The van der Waals surface area contributed by atoms with Crippen molar-refractivity contribution in [2.24, 2.45) is 5.92 Å². The Morgan fingerprint density at radius 2 is 1.82 bits per heavy atom. The number of fused-ring (bicyclic) bond motifs is 1. The Kier molecular flexibility index (Phi) is 4.43. The summed E-state index contributed by atoms with van der Waals surface area (Å²) in [6.45, 7) is 1.58. The van der Waals surface area contributed by atoms with Crippen molar-refractivity contribution in [2.75, 3.05) is 18.4 Å². The fraction of sp³-hybridized carbons (Fsp3) is 0.429. The van der Waals surface area contributed by atoms with E-state index < -0.39 is 0 Å². The van der Waals surface area contributed by atoms with Crippen molar-refractivity contribution in [3.63, 3.8) is 0 Å². The van der Waals surface area contributed by atoms with Gasteiger partial charge in [-0.25, -0.2) is 0 Å². The summed E-state index contributed by atoms with van der Waals surface area (Å²) in [7, 11) is 0. The van der Waals surface area contributed by atoms with E-state index in [0.717, 1.165) is 49.6 Å². The first-order chi connectivity index (χ1) is 13.8. The molecule has 2 fully saturated rings. The third-order valence-electron chi connectivity index (χ3n) is 5.85. The summed E-state index contributed by atoms with van der Waals surface area (Å²) in [5.74, 6) is 2.10. The lowest BCUT2D eigenvalue weighted by molar-refractivity contribution is -0.134.